The fourth-order valence-corrected chi connectivity index (χ4v) is 6.59. The summed E-state index contributed by atoms with van der Waals surface area (Å²) < 4.78 is 0. The molecule has 0 aromatic rings. The molecule has 5 fully saturated rings. The van der Waals surface area contributed by atoms with Crippen LogP contribution in [-0.2, 0) is 4.79 Å². The molecule has 5 aliphatic rings. The Labute approximate surface area is 127 Å². The standard InChI is InChI=1S/C17H26ClNO/c1-15-6-12-5-13(7-15)9-16(8-12,10-15)14(20)19-17(11-18)3-2-4-17/h12-13H,2-11H2,1H3,(H,19,20). The summed E-state index contributed by atoms with van der Waals surface area (Å²) in [5.74, 6) is 2.54. The van der Waals surface area contributed by atoms with Gasteiger partial charge in [0, 0.05) is 5.88 Å². The Morgan fingerprint density at radius 1 is 1.20 bits per heavy atom. The molecule has 2 atom stereocenters. The minimum Gasteiger partial charge on any atom is -0.349 e. The topological polar surface area (TPSA) is 29.1 Å². The molecule has 5 saturated carbocycles. The number of amides is 1. The number of halogens is 1. The van der Waals surface area contributed by atoms with Crippen molar-refractivity contribution >= 4 is 17.5 Å². The molecule has 5 rings (SSSR count). The molecule has 4 bridgehead atoms. The Kier molecular flexibility index (Phi) is 2.79. The van der Waals surface area contributed by atoms with Gasteiger partial charge in [0.1, 0.15) is 0 Å². The number of carbonyl (C=O) groups is 1. The van der Waals surface area contributed by atoms with Crippen LogP contribution >= 0.6 is 11.6 Å². The molecule has 2 unspecified atom stereocenters. The first-order chi connectivity index (χ1) is 9.47. The summed E-state index contributed by atoms with van der Waals surface area (Å²) >= 11 is 6.12. The average molecular weight is 296 g/mol. The number of nitrogens with one attached hydrogen (secondary N) is 1. The number of rotatable bonds is 3. The van der Waals surface area contributed by atoms with Gasteiger partial charge in [-0.2, -0.15) is 0 Å². The normalized spacial score (nSPS) is 47.9. The van der Waals surface area contributed by atoms with Crippen LogP contribution in [0.3, 0.4) is 0 Å². The van der Waals surface area contributed by atoms with Crippen LogP contribution in [0.25, 0.3) is 0 Å². The third kappa shape index (κ3) is 1.86. The van der Waals surface area contributed by atoms with Gasteiger partial charge in [0.05, 0.1) is 11.0 Å². The molecule has 3 heteroatoms. The Bertz CT molecular complexity index is 423. The molecule has 0 aromatic heterocycles. The van der Waals surface area contributed by atoms with Crippen molar-refractivity contribution in [1.29, 1.82) is 0 Å². The monoisotopic (exact) mass is 295 g/mol. The lowest BCUT2D eigenvalue weighted by Gasteiger charge is -2.61. The van der Waals surface area contributed by atoms with Gasteiger partial charge in [0.2, 0.25) is 5.91 Å². The highest BCUT2D eigenvalue weighted by molar-refractivity contribution is 6.19. The van der Waals surface area contributed by atoms with Crippen LogP contribution in [-0.4, -0.2) is 17.3 Å². The van der Waals surface area contributed by atoms with E-state index in [4.69, 9.17) is 11.6 Å². The Balaban J connectivity index is 1.56. The summed E-state index contributed by atoms with van der Waals surface area (Å²) in [6.45, 7) is 2.42. The Morgan fingerprint density at radius 3 is 2.30 bits per heavy atom. The molecular weight excluding hydrogens is 270 g/mol. The van der Waals surface area contributed by atoms with E-state index in [1.807, 2.05) is 0 Å². The van der Waals surface area contributed by atoms with Crippen LogP contribution in [0.15, 0.2) is 0 Å². The van der Waals surface area contributed by atoms with E-state index in [1.165, 1.54) is 25.7 Å². The van der Waals surface area contributed by atoms with Crippen LogP contribution in [0.2, 0.25) is 0 Å². The van der Waals surface area contributed by atoms with Gasteiger partial charge in [0.25, 0.3) is 0 Å². The molecule has 0 aromatic carbocycles. The van der Waals surface area contributed by atoms with Crippen molar-refractivity contribution in [2.45, 2.75) is 70.3 Å². The molecule has 1 amide bonds. The number of carbonyl (C=O) groups excluding carboxylic acids is 1. The van der Waals surface area contributed by atoms with Crippen molar-refractivity contribution in [3.8, 4) is 0 Å². The molecule has 5 aliphatic carbocycles. The van der Waals surface area contributed by atoms with Crippen molar-refractivity contribution in [3.05, 3.63) is 0 Å². The zero-order valence-corrected chi connectivity index (χ0v) is 13.3. The van der Waals surface area contributed by atoms with Gasteiger partial charge in [-0.25, -0.2) is 0 Å². The van der Waals surface area contributed by atoms with E-state index in [1.54, 1.807) is 0 Å². The summed E-state index contributed by atoms with van der Waals surface area (Å²) in [6, 6.07) is 0. The van der Waals surface area contributed by atoms with E-state index in [0.29, 0.717) is 17.2 Å². The fourth-order valence-electron chi connectivity index (χ4n) is 6.26. The summed E-state index contributed by atoms with van der Waals surface area (Å²) in [7, 11) is 0. The maximum absolute atomic E-state index is 13.0. The molecule has 20 heavy (non-hydrogen) atoms. The average Bonchev–Trinajstić information content (AvgIpc) is 2.30. The Hall–Kier alpha value is -0.240. The molecule has 2 nitrogen and oxygen atoms in total. The van der Waals surface area contributed by atoms with E-state index >= 15 is 0 Å². The van der Waals surface area contributed by atoms with Gasteiger partial charge in [0.15, 0.2) is 0 Å². The van der Waals surface area contributed by atoms with Gasteiger partial charge in [-0.3, -0.25) is 4.79 Å². The number of hydrogen-bond donors (Lipinski definition) is 1. The highest BCUT2D eigenvalue weighted by Crippen LogP contribution is 2.65. The van der Waals surface area contributed by atoms with E-state index in [-0.39, 0.29) is 11.0 Å². The molecule has 1 N–H and O–H groups in total. The van der Waals surface area contributed by atoms with Gasteiger partial charge in [-0.15, -0.1) is 11.6 Å². The number of alkyl halides is 1. The first kappa shape index (κ1) is 13.4. The summed E-state index contributed by atoms with van der Waals surface area (Å²) in [4.78, 5) is 13.0. The van der Waals surface area contributed by atoms with E-state index in [2.05, 4.69) is 12.2 Å². The second-order valence-corrected chi connectivity index (χ2v) is 9.04. The first-order valence-corrected chi connectivity index (χ1v) is 8.89. The summed E-state index contributed by atoms with van der Waals surface area (Å²) in [6.07, 6.45) is 10.9. The molecule has 0 heterocycles. The van der Waals surface area contributed by atoms with Crippen molar-refractivity contribution in [2.24, 2.45) is 22.7 Å². The highest BCUT2D eigenvalue weighted by Gasteiger charge is 2.59. The van der Waals surface area contributed by atoms with E-state index in [9.17, 15) is 4.79 Å². The SMILES string of the molecule is CC12CC3CC(C1)CC(C(=O)NC1(CCl)CCC1)(C3)C2. The van der Waals surface area contributed by atoms with E-state index in [0.717, 1.165) is 43.9 Å². The molecule has 0 saturated heterocycles. The van der Waals surface area contributed by atoms with Gasteiger partial charge >= 0.3 is 0 Å². The molecule has 0 radical (unpaired) electrons. The summed E-state index contributed by atoms with van der Waals surface area (Å²) in [5.41, 5.74) is 0.325. The first-order valence-electron chi connectivity index (χ1n) is 8.35. The second kappa shape index (κ2) is 4.15. The van der Waals surface area contributed by atoms with E-state index < -0.39 is 0 Å². The zero-order chi connectivity index (χ0) is 14.0. The lowest BCUT2D eigenvalue weighted by Crippen LogP contribution is -2.63. The molecule has 112 valence electrons. The fraction of sp³-hybridized carbons (Fsp3) is 0.941. The quantitative estimate of drug-likeness (QED) is 0.787. The smallest absolute Gasteiger partial charge is 0.226 e. The van der Waals surface area contributed by atoms with Gasteiger partial charge < -0.3 is 5.32 Å². The maximum atomic E-state index is 13.0. The lowest BCUT2D eigenvalue weighted by atomic mass is 9.44. The largest absolute Gasteiger partial charge is 0.349 e. The maximum Gasteiger partial charge on any atom is 0.226 e. The number of hydrogen-bond acceptors (Lipinski definition) is 1. The van der Waals surface area contributed by atoms with Crippen molar-refractivity contribution in [1.82, 2.24) is 5.32 Å². The van der Waals surface area contributed by atoms with Crippen molar-refractivity contribution < 1.29 is 4.79 Å². The van der Waals surface area contributed by atoms with Crippen molar-refractivity contribution in [3.63, 3.8) is 0 Å². The predicted molar refractivity (Wildman–Crippen MR) is 80.7 cm³/mol. The van der Waals surface area contributed by atoms with Crippen molar-refractivity contribution in [2.75, 3.05) is 5.88 Å². The summed E-state index contributed by atoms with van der Waals surface area (Å²) in [5, 5.41) is 3.38. The Morgan fingerprint density at radius 2 is 1.85 bits per heavy atom. The molecule has 0 aliphatic heterocycles. The van der Waals surface area contributed by atoms with Crippen LogP contribution in [0, 0.1) is 22.7 Å². The van der Waals surface area contributed by atoms with Crippen LogP contribution in [0.5, 0.6) is 0 Å². The zero-order valence-electron chi connectivity index (χ0n) is 12.5. The van der Waals surface area contributed by atoms with Crippen LogP contribution in [0.4, 0.5) is 0 Å². The molecule has 0 spiro atoms. The lowest BCUT2D eigenvalue weighted by molar-refractivity contribution is -0.158. The highest BCUT2D eigenvalue weighted by atomic mass is 35.5. The van der Waals surface area contributed by atoms with Gasteiger partial charge in [-0.1, -0.05) is 6.92 Å². The minimum absolute atomic E-state index is 0.0481. The van der Waals surface area contributed by atoms with Gasteiger partial charge in [-0.05, 0) is 75.0 Å². The van der Waals surface area contributed by atoms with Crippen LogP contribution < -0.4 is 5.32 Å². The van der Waals surface area contributed by atoms with Crippen LogP contribution in [0.1, 0.15) is 64.7 Å². The third-order valence-corrected chi connectivity index (χ3v) is 7.29. The molecular formula is C17H26ClNO. The third-order valence-electron chi connectivity index (χ3n) is 6.78. The second-order valence-electron chi connectivity index (χ2n) is 8.77. The predicted octanol–water partition coefficient (Wildman–Crippen LogP) is 3.87. The minimum atomic E-state index is -0.0666.